The van der Waals surface area contributed by atoms with Crippen LogP contribution in [-0.2, 0) is 19.2 Å². The number of nitrogens with one attached hydrogen (secondary N) is 2. The van der Waals surface area contributed by atoms with Gasteiger partial charge >= 0.3 is 5.97 Å². The normalized spacial score (nSPS) is 17.8. The van der Waals surface area contributed by atoms with Crippen LogP contribution in [0, 0.1) is 5.92 Å². The van der Waals surface area contributed by atoms with E-state index in [9.17, 15) is 19.2 Å². The molecule has 9 heteroatoms. The van der Waals surface area contributed by atoms with E-state index in [0.717, 1.165) is 64.1 Å². The van der Waals surface area contributed by atoms with Gasteiger partial charge in [-0.25, -0.2) is 4.79 Å². The number of hydrogen-bond acceptors (Lipinski definition) is 5. The Kier molecular flexibility index (Phi) is 10.9. The third-order valence-corrected chi connectivity index (χ3v) is 8.44. The Hall–Kier alpha value is -3.72. The molecule has 3 N–H and O–H groups in total. The number of carboxylic acid groups (broad SMARTS) is 1. The lowest BCUT2D eigenvalue weighted by Gasteiger charge is -2.42. The first-order valence-electron chi connectivity index (χ1n) is 14.8. The van der Waals surface area contributed by atoms with Crippen LogP contribution in [0.15, 0.2) is 54.6 Å². The Morgan fingerprint density at radius 1 is 0.951 bits per heavy atom. The maximum Gasteiger partial charge on any atom is 0.328 e. The quantitative estimate of drug-likeness (QED) is 0.360. The van der Waals surface area contributed by atoms with Gasteiger partial charge < -0.3 is 20.6 Å². The van der Waals surface area contributed by atoms with E-state index in [1.807, 2.05) is 0 Å². The van der Waals surface area contributed by atoms with Crippen molar-refractivity contribution in [2.75, 3.05) is 32.7 Å². The molecule has 1 saturated heterocycles. The van der Waals surface area contributed by atoms with E-state index >= 15 is 0 Å². The zero-order valence-electron chi connectivity index (χ0n) is 23.9. The van der Waals surface area contributed by atoms with Crippen molar-refractivity contribution in [1.29, 1.82) is 0 Å². The number of benzene rings is 2. The summed E-state index contributed by atoms with van der Waals surface area (Å²) >= 11 is 0. The van der Waals surface area contributed by atoms with E-state index in [1.165, 1.54) is 22.4 Å². The number of likely N-dealkylation sites (tertiary alicyclic amines) is 1. The first-order chi connectivity index (χ1) is 19.8. The zero-order valence-corrected chi connectivity index (χ0v) is 23.9. The fraction of sp³-hybridized carbons (Fsp3) is 0.500. The third-order valence-electron chi connectivity index (χ3n) is 8.44. The lowest BCUT2D eigenvalue weighted by atomic mass is 9.87. The summed E-state index contributed by atoms with van der Waals surface area (Å²) < 4.78 is 0. The van der Waals surface area contributed by atoms with Crippen molar-refractivity contribution in [2.45, 2.75) is 64.0 Å². The molecular weight excluding hydrogens is 520 g/mol. The second-order valence-corrected chi connectivity index (χ2v) is 11.1. The summed E-state index contributed by atoms with van der Waals surface area (Å²) in [6.45, 7) is 3.66. The molecule has 1 saturated carbocycles. The molecule has 1 heterocycles. The van der Waals surface area contributed by atoms with Gasteiger partial charge in [0.2, 0.25) is 17.7 Å². The number of carbonyl (C=O) groups is 4. The van der Waals surface area contributed by atoms with Crippen LogP contribution in [0.5, 0.6) is 0 Å². The highest BCUT2D eigenvalue weighted by atomic mass is 16.4. The predicted octanol–water partition coefficient (Wildman–Crippen LogP) is 3.65. The van der Waals surface area contributed by atoms with E-state index in [4.69, 9.17) is 5.11 Å². The number of hydrogen-bond donors (Lipinski definition) is 3. The molecule has 0 aromatic heterocycles. The molecule has 41 heavy (non-hydrogen) atoms. The van der Waals surface area contributed by atoms with Gasteiger partial charge in [-0.1, -0.05) is 67.8 Å². The highest BCUT2D eigenvalue weighted by molar-refractivity contribution is 5.89. The molecule has 2 aromatic rings. The lowest BCUT2D eigenvalue weighted by molar-refractivity contribution is -0.144. The number of piperidine rings is 1. The van der Waals surface area contributed by atoms with Crippen molar-refractivity contribution < 1.29 is 24.3 Å². The van der Waals surface area contributed by atoms with Crippen molar-refractivity contribution in [3.63, 3.8) is 0 Å². The Labute approximate surface area is 242 Å². The van der Waals surface area contributed by atoms with Crippen LogP contribution in [-0.4, -0.2) is 77.4 Å². The van der Waals surface area contributed by atoms with E-state index in [2.05, 4.69) is 64.9 Å². The van der Waals surface area contributed by atoms with E-state index in [-0.39, 0.29) is 49.5 Å². The van der Waals surface area contributed by atoms with E-state index in [0.29, 0.717) is 0 Å². The predicted molar refractivity (Wildman–Crippen MR) is 158 cm³/mol. The maximum absolute atomic E-state index is 13.7. The molecule has 3 amide bonds. The molecule has 2 aliphatic rings. The first-order valence-corrected chi connectivity index (χ1v) is 14.8. The summed E-state index contributed by atoms with van der Waals surface area (Å²) in [6.07, 6.45) is 8.78. The zero-order chi connectivity index (χ0) is 29.2. The number of nitrogens with zero attached hydrogens (tertiary/aromatic N) is 2. The van der Waals surface area contributed by atoms with Crippen molar-refractivity contribution in [3.8, 4) is 0 Å². The molecule has 1 aliphatic carbocycles. The van der Waals surface area contributed by atoms with Crippen molar-refractivity contribution in [3.05, 3.63) is 60.2 Å². The molecule has 1 atom stereocenters. The van der Waals surface area contributed by atoms with Gasteiger partial charge in [-0.15, -0.1) is 0 Å². The summed E-state index contributed by atoms with van der Waals surface area (Å²) in [4.78, 5) is 53.4. The standard InChI is InChI=1S/C32H42N4O5/c1-23(27-14-7-12-24-9-5-6-13-28(24)27)35-19-16-26(17-20-35)36(32(41)25-10-3-2-4-11-25)22-30(38)34-21-29(37)33-18-8-15-31(39)40/h5-9,12-15,23,25-26H,2-4,10-11,16-22H2,1H3,(H,33,37)(H,34,38)(H,39,40)/b15-8+. The van der Waals surface area contributed by atoms with Gasteiger partial charge in [0.15, 0.2) is 0 Å². The van der Waals surface area contributed by atoms with E-state index in [1.54, 1.807) is 4.90 Å². The van der Waals surface area contributed by atoms with Crippen LogP contribution in [0.4, 0.5) is 0 Å². The molecule has 1 unspecified atom stereocenters. The van der Waals surface area contributed by atoms with Gasteiger partial charge in [-0.05, 0) is 48.9 Å². The molecular formula is C32H42N4O5. The summed E-state index contributed by atoms with van der Waals surface area (Å²) in [5, 5.41) is 16.3. The monoisotopic (exact) mass is 562 g/mol. The number of fused-ring (bicyclic) bond motifs is 1. The molecule has 2 fully saturated rings. The topological polar surface area (TPSA) is 119 Å². The Morgan fingerprint density at radius 2 is 1.66 bits per heavy atom. The summed E-state index contributed by atoms with van der Waals surface area (Å²) in [6, 6.07) is 15.1. The van der Waals surface area contributed by atoms with Crippen LogP contribution in [0.2, 0.25) is 0 Å². The molecule has 0 bridgehead atoms. The van der Waals surface area contributed by atoms with Crippen molar-refractivity contribution in [2.24, 2.45) is 5.92 Å². The Bertz CT molecular complexity index is 1240. The highest BCUT2D eigenvalue weighted by Gasteiger charge is 2.34. The van der Waals surface area contributed by atoms with Gasteiger partial charge in [-0.2, -0.15) is 0 Å². The minimum absolute atomic E-state index is 0.0267. The third kappa shape index (κ3) is 8.39. The van der Waals surface area contributed by atoms with Gasteiger partial charge in [0.25, 0.3) is 0 Å². The second-order valence-electron chi connectivity index (χ2n) is 11.1. The molecule has 220 valence electrons. The molecule has 0 radical (unpaired) electrons. The second kappa shape index (κ2) is 14.8. The lowest BCUT2D eigenvalue weighted by Crippen LogP contribution is -2.53. The molecule has 4 rings (SSSR count). The fourth-order valence-electron chi connectivity index (χ4n) is 6.15. The smallest absolute Gasteiger partial charge is 0.328 e. The van der Waals surface area contributed by atoms with Crippen molar-refractivity contribution >= 4 is 34.5 Å². The number of rotatable bonds is 11. The minimum Gasteiger partial charge on any atom is -0.478 e. The van der Waals surface area contributed by atoms with Gasteiger partial charge in [0.1, 0.15) is 0 Å². The Balaban J connectivity index is 1.36. The van der Waals surface area contributed by atoms with E-state index < -0.39 is 11.9 Å². The molecule has 9 nitrogen and oxygen atoms in total. The SMILES string of the molecule is CC(c1cccc2ccccc12)N1CCC(N(CC(=O)NCC(=O)NC/C=C/C(=O)O)C(=O)C2CCCCC2)CC1. The van der Waals surface area contributed by atoms with Crippen LogP contribution >= 0.6 is 0 Å². The molecule has 0 spiro atoms. The van der Waals surface area contributed by atoms with Crippen LogP contribution < -0.4 is 10.6 Å². The van der Waals surface area contributed by atoms with Gasteiger partial charge in [-0.3, -0.25) is 19.3 Å². The first kappa shape index (κ1) is 30.2. The molecule has 2 aromatic carbocycles. The summed E-state index contributed by atoms with van der Waals surface area (Å²) in [5.74, 6) is -1.87. The summed E-state index contributed by atoms with van der Waals surface area (Å²) in [7, 11) is 0. The minimum atomic E-state index is -1.09. The molecule has 1 aliphatic heterocycles. The van der Waals surface area contributed by atoms with Crippen molar-refractivity contribution in [1.82, 2.24) is 20.4 Å². The Morgan fingerprint density at radius 3 is 2.39 bits per heavy atom. The highest BCUT2D eigenvalue weighted by Crippen LogP contribution is 2.32. The number of aliphatic carboxylic acids is 1. The average molecular weight is 563 g/mol. The van der Waals surface area contributed by atoms with Gasteiger partial charge in [0.05, 0.1) is 13.1 Å². The maximum atomic E-state index is 13.7. The average Bonchev–Trinajstić information content (AvgIpc) is 3.00. The fourth-order valence-corrected chi connectivity index (χ4v) is 6.15. The summed E-state index contributed by atoms with van der Waals surface area (Å²) in [5.41, 5.74) is 1.30. The van der Waals surface area contributed by atoms with Crippen LogP contribution in [0.3, 0.4) is 0 Å². The van der Waals surface area contributed by atoms with Crippen LogP contribution in [0.25, 0.3) is 10.8 Å². The van der Waals surface area contributed by atoms with Crippen LogP contribution in [0.1, 0.15) is 63.5 Å². The number of amides is 3. The number of carboxylic acids is 1. The number of carbonyl (C=O) groups excluding carboxylic acids is 3. The largest absolute Gasteiger partial charge is 0.478 e. The van der Waals surface area contributed by atoms with Gasteiger partial charge in [0, 0.05) is 43.7 Å².